The van der Waals surface area contributed by atoms with Crippen LogP contribution in [0.15, 0.2) is 32.5 Å². The van der Waals surface area contributed by atoms with E-state index in [0.29, 0.717) is 10.6 Å². The lowest BCUT2D eigenvalue weighted by atomic mass is 10.0. The van der Waals surface area contributed by atoms with Crippen LogP contribution in [0.25, 0.3) is 0 Å². The SMILES string of the molecule is CCCNC(c1cc(Cl)c(Br)s1)c1c(F)cccc1Br. The summed E-state index contributed by atoms with van der Waals surface area (Å²) >= 11 is 14.5. The molecular weight excluding hydrogens is 428 g/mol. The van der Waals surface area contributed by atoms with Gasteiger partial charge in [0.2, 0.25) is 0 Å². The highest BCUT2D eigenvalue weighted by molar-refractivity contribution is 9.11. The van der Waals surface area contributed by atoms with Crippen molar-refractivity contribution in [3.8, 4) is 0 Å². The normalized spacial score (nSPS) is 12.7. The Hall–Kier alpha value is 0.0600. The molecule has 0 aliphatic carbocycles. The number of hydrogen-bond donors (Lipinski definition) is 1. The van der Waals surface area contributed by atoms with E-state index in [-0.39, 0.29) is 11.9 Å². The molecule has 0 fully saturated rings. The average Bonchev–Trinajstić information content (AvgIpc) is 2.73. The minimum atomic E-state index is -0.228. The molecule has 0 radical (unpaired) electrons. The molecule has 0 spiro atoms. The van der Waals surface area contributed by atoms with Crippen LogP contribution in [0, 0.1) is 5.82 Å². The number of rotatable bonds is 5. The Morgan fingerprint density at radius 3 is 2.70 bits per heavy atom. The van der Waals surface area contributed by atoms with Gasteiger partial charge in [0.25, 0.3) is 0 Å². The Kier molecular flexibility index (Phi) is 6.05. The zero-order valence-corrected chi connectivity index (χ0v) is 15.5. The van der Waals surface area contributed by atoms with Gasteiger partial charge in [0.05, 0.1) is 14.9 Å². The summed E-state index contributed by atoms with van der Waals surface area (Å²) in [5.41, 5.74) is 0.617. The second-order valence-corrected chi connectivity index (χ2v) is 7.96. The van der Waals surface area contributed by atoms with Crippen molar-refractivity contribution in [3.05, 3.63) is 53.8 Å². The van der Waals surface area contributed by atoms with Crippen LogP contribution in [0.3, 0.4) is 0 Å². The molecule has 0 bridgehead atoms. The number of nitrogens with one attached hydrogen (secondary N) is 1. The van der Waals surface area contributed by atoms with Crippen LogP contribution in [0.5, 0.6) is 0 Å². The lowest BCUT2D eigenvalue weighted by Crippen LogP contribution is -2.23. The molecule has 0 saturated heterocycles. The molecule has 1 aromatic carbocycles. The largest absolute Gasteiger partial charge is 0.305 e. The average molecular weight is 442 g/mol. The van der Waals surface area contributed by atoms with E-state index in [1.54, 1.807) is 6.07 Å². The summed E-state index contributed by atoms with van der Waals surface area (Å²) in [6.07, 6.45) is 0.975. The predicted molar refractivity (Wildman–Crippen MR) is 91.3 cm³/mol. The van der Waals surface area contributed by atoms with Gasteiger partial charge in [-0.2, -0.15) is 0 Å². The Morgan fingerprint density at radius 2 is 2.15 bits per heavy atom. The van der Waals surface area contributed by atoms with Crippen LogP contribution < -0.4 is 5.32 Å². The minimum absolute atomic E-state index is 0.209. The van der Waals surface area contributed by atoms with E-state index >= 15 is 0 Å². The maximum absolute atomic E-state index is 14.2. The Morgan fingerprint density at radius 1 is 1.40 bits per heavy atom. The van der Waals surface area contributed by atoms with Gasteiger partial charge >= 0.3 is 0 Å². The summed E-state index contributed by atoms with van der Waals surface area (Å²) in [7, 11) is 0. The first-order valence-corrected chi connectivity index (χ1v) is 8.94. The topological polar surface area (TPSA) is 12.0 Å². The molecule has 1 atom stereocenters. The predicted octanol–water partition coefficient (Wildman–Crippen LogP) is 6.15. The first-order valence-electron chi connectivity index (χ1n) is 6.16. The Bertz CT molecular complexity index is 563. The third-order valence-corrected chi connectivity index (χ3v) is 6.07. The van der Waals surface area contributed by atoms with Crippen molar-refractivity contribution in [2.24, 2.45) is 0 Å². The van der Waals surface area contributed by atoms with Gasteiger partial charge in [-0.1, -0.05) is 40.5 Å². The van der Waals surface area contributed by atoms with Gasteiger partial charge in [0.15, 0.2) is 0 Å². The molecule has 20 heavy (non-hydrogen) atoms. The maximum Gasteiger partial charge on any atom is 0.129 e. The van der Waals surface area contributed by atoms with Crippen molar-refractivity contribution in [3.63, 3.8) is 0 Å². The molecule has 0 aliphatic rings. The first-order chi connectivity index (χ1) is 9.54. The van der Waals surface area contributed by atoms with E-state index in [1.165, 1.54) is 17.4 Å². The molecule has 2 aromatic rings. The van der Waals surface area contributed by atoms with E-state index in [4.69, 9.17) is 11.6 Å². The number of benzene rings is 1. The highest BCUT2D eigenvalue weighted by Crippen LogP contribution is 2.39. The van der Waals surface area contributed by atoms with Crippen molar-refractivity contribution < 1.29 is 4.39 Å². The van der Waals surface area contributed by atoms with Crippen molar-refractivity contribution in [1.29, 1.82) is 0 Å². The molecule has 2 rings (SSSR count). The van der Waals surface area contributed by atoms with E-state index in [0.717, 1.165) is 26.1 Å². The second kappa shape index (κ2) is 7.36. The zero-order chi connectivity index (χ0) is 14.7. The molecule has 0 amide bonds. The number of thiophene rings is 1. The molecule has 1 aromatic heterocycles. The molecule has 1 heterocycles. The molecule has 0 aliphatic heterocycles. The van der Waals surface area contributed by atoms with Crippen LogP contribution in [-0.2, 0) is 0 Å². The maximum atomic E-state index is 14.2. The smallest absolute Gasteiger partial charge is 0.129 e. The van der Waals surface area contributed by atoms with Crippen molar-refractivity contribution >= 4 is 54.8 Å². The van der Waals surface area contributed by atoms with Crippen LogP contribution in [-0.4, -0.2) is 6.54 Å². The van der Waals surface area contributed by atoms with Gasteiger partial charge in [0, 0.05) is 14.9 Å². The van der Waals surface area contributed by atoms with Crippen molar-refractivity contribution in [2.75, 3.05) is 6.54 Å². The highest BCUT2D eigenvalue weighted by atomic mass is 79.9. The van der Waals surface area contributed by atoms with Gasteiger partial charge in [-0.15, -0.1) is 11.3 Å². The second-order valence-electron chi connectivity index (χ2n) is 4.29. The fourth-order valence-electron chi connectivity index (χ4n) is 1.93. The number of hydrogen-bond acceptors (Lipinski definition) is 2. The summed E-state index contributed by atoms with van der Waals surface area (Å²) in [6.45, 7) is 2.89. The van der Waals surface area contributed by atoms with Gasteiger partial charge in [0.1, 0.15) is 5.82 Å². The quantitative estimate of drug-likeness (QED) is 0.586. The third-order valence-electron chi connectivity index (χ3n) is 2.84. The molecule has 108 valence electrons. The summed E-state index contributed by atoms with van der Waals surface area (Å²) in [5, 5.41) is 4.04. The van der Waals surface area contributed by atoms with Crippen LogP contribution >= 0.6 is 54.8 Å². The molecule has 0 saturated carbocycles. The summed E-state index contributed by atoms with van der Waals surface area (Å²) in [5.74, 6) is -0.228. The first kappa shape index (κ1) is 16.4. The zero-order valence-electron chi connectivity index (χ0n) is 10.7. The number of halogens is 4. The summed E-state index contributed by atoms with van der Waals surface area (Å²) < 4.78 is 15.8. The van der Waals surface area contributed by atoms with Crippen LogP contribution in [0.1, 0.15) is 29.8 Å². The van der Waals surface area contributed by atoms with Gasteiger partial charge < -0.3 is 5.32 Å². The van der Waals surface area contributed by atoms with Crippen molar-refractivity contribution in [2.45, 2.75) is 19.4 Å². The fraction of sp³-hybridized carbons (Fsp3) is 0.286. The molecule has 1 unspecified atom stereocenters. The fourth-order valence-corrected chi connectivity index (χ4v) is 4.33. The molecule has 1 nitrogen and oxygen atoms in total. The van der Waals surface area contributed by atoms with E-state index < -0.39 is 0 Å². The monoisotopic (exact) mass is 439 g/mol. The van der Waals surface area contributed by atoms with Crippen LogP contribution in [0.4, 0.5) is 4.39 Å². The van der Waals surface area contributed by atoms with E-state index in [2.05, 4.69) is 44.1 Å². The summed E-state index contributed by atoms with van der Waals surface area (Å²) in [6, 6.07) is 6.69. The standard InChI is InChI=1S/C14H13Br2ClFNS/c1-2-6-19-13(11-7-9(17)14(16)20-11)12-8(15)4-3-5-10(12)18/h3-5,7,13,19H,2,6H2,1H3. The lowest BCUT2D eigenvalue weighted by molar-refractivity contribution is 0.549. The highest BCUT2D eigenvalue weighted by Gasteiger charge is 2.22. The van der Waals surface area contributed by atoms with Gasteiger partial charge in [-0.25, -0.2) is 4.39 Å². The molecule has 6 heteroatoms. The summed E-state index contributed by atoms with van der Waals surface area (Å²) in [4.78, 5) is 0.987. The lowest BCUT2D eigenvalue weighted by Gasteiger charge is -2.19. The van der Waals surface area contributed by atoms with Gasteiger partial charge in [-0.05, 0) is 47.1 Å². The Balaban J connectivity index is 2.47. The molecule has 1 N–H and O–H groups in total. The van der Waals surface area contributed by atoms with E-state index in [1.807, 2.05) is 12.1 Å². The van der Waals surface area contributed by atoms with Crippen molar-refractivity contribution in [1.82, 2.24) is 5.32 Å². The minimum Gasteiger partial charge on any atom is -0.305 e. The van der Waals surface area contributed by atoms with Gasteiger partial charge in [-0.3, -0.25) is 0 Å². The molecular formula is C14H13Br2ClFNS. The third kappa shape index (κ3) is 3.63. The van der Waals surface area contributed by atoms with Crippen LogP contribution in [0.2, 0.25) is 5.02 Å². The van der Waals surface area contributed by atoms with E-state index in [9.17, 15) is 4.39 Å². The Labute approximate surface area is 143 Å².